The van der Waals surface area contributed by atoms with Gasteiger partial charge in [0.2, 0.25) is 0 Å². The van der Waals surface area contributed by atoms with Crippen molar-refractivity contribution in [3.8, 4) is 5.75 Å². The zero-order valence-corrected chi connectivity index (χ0v) is 17.4. The summed E-state index contributed by atoms with van der Waals surface area (Å²) >= 11 is 0. The molecule has 0 radical (unpaired) electrons. The van der Waals surface area contributed by atoms with Crippen molar-refractivity contribution in [3.05, 3.63) is 60.2 Å². The predicted octanol–water partition coefficient (Wildman–Crippen LogP) is 4.25. The summed E-state index contributed by atoms with van der Waals surface area (Å²) in [5.41, 5.74) is 0.690. The van der Waals surface area contributed by atoms with Crippen LogP contribution < -0.4 is 15.4 Å². The Morgan fingerprint density at radius 2 is 1.57 bits per heavy atom. The fourth-order valence-electron chi connectivity index (χ4n) is 2.23. The minimum absolute atomic E-state index is 0.158. The van der Waals surface area contributed by atoms with Gasteiger partial charge in [0.1, 0.15) is 24.0 Å². The fourth-order valence-corrected chi connectivity index (χ4v) is 2.23. The van der Waals surface area contributed by atoms with Crippen LogP contribution in [0.4, 0.5) is 15.3 Å². The van der Waals surface area contributed by atoms with E-state index in [0.717, 1.165) is 5.56 Å². The lowest BCUT2D eigenvalue weighted by molar-refractivity contribution is -0.136. The molecular weight excluding hydrogens is 388 g/mol. The van der Waals surface area contributed by atoms with E-state index in [0.29, 0.717) is 5.69 Å². The van der Waals surface area contributed by atoms with Crippen LogP contribution in [0.3, 0.4) is 0 Å². The van der Waals surface area contributed by atoms with Crippen LogP contribution in [0.1, 0.15) is 33.3 Å². The van der Waals surface area contributed by atoms with E-state index in [4.69, 9.17) is 14.2 Å². The number of esters is 1. The minimum Gasteiger partial charge on any atom is -0.444 e. The number of rotatable bonds is 6. The molecule has 0 unspecified atom stereocenters. The summed E-state index contributed by atoms with van der Waals surface area (Å²) in [5.74, 6) is -0.384. The molecule has 8 heteroatoms. The maximum Gasteiger partial charge on any atom is 0.411 e. The number of anilines is 1. The number of hydrogen-bond donors (Lipinski definition) is 2. The normalized spacial score (nSPS) is 11.7. The van der Waals surface area contributed by atoms with E-state index in [1.54, 1.807) is 32.9 Å². The van der Waals surface area contributed by atoms with Gasteiger partial charge in [0.15, 0.2) is 0 Å². The van der Waals surface area contributed by atoms with Crippen LogP contribution in [-0.4, -0.2) is 29.8 Å². The Balaban J connectivity index is 1.79. The minimum atomic E-state index is -0.898. The average Bonchev–Trinajstić information content (AvgIpc) is 2.67. The molecular formula is C22H26N2O6. The number of alkyl carbamates (subject to hydrolysis) is 1. The molecule has 8 nitrogen and oxygen atoms in total. The number of ether oxygens (including phenoxy) is 3. The summed E-state index contributed by atoms with van der Waals surface area (Å²) < 4.78 is 15.5. The second-order valence-electron chi connectivity index (χ2n) is 7.50. The molecule has 1 atom stereocenters. The standard InChI is InChI=1S/C22H26N2O6/c1-15(23-21(27)30-22(2,3)4)19(25)29-18-12-10-17(11-13-18)24-20(26)28-14-16-8-6-5-7-9-16/h5-13,15H,14H2,1-4H3,(H,23,27)(H,24,26)/t15-/m1/s1. The number of carbonyl (C=O) groups is 3. The summed E-state index contributed by atoms with van der Waals surface area (Å²) in [6, 6.07) is 14.6. The van der Waals surface area contributed by atoms with Crippen molar-refractivity contribution >= 4 is 23.8 Å². The Labute approximate surface area is 175 Å². The summed E-state index contributed by atoms with van der Waals surface area (Å²) in [6.07, 6.45) is -1.31. The van der Waals surface area contributed by atoms with Crippen molar-refractivity contribution in [2.45, 2.75) is 45.9 Å². The Bertz CT molecular complexity index is 859. The first-order valence-electron chi connectivity index (χ1n) is 9.41. The molecule has 0 saturated heterocycles. The van der Waals surface area contributed by atoms with Gasteiger partial charge in [0.25, 0.3) is 0 Å². The van der Waals surface area contributed by atoms with Gasteiger partial charge in [-0.05, 0) is 57.5 Å². The van der Waals surface area contributed by atoms with Gasteiger partial charge in [-0.3, -0.25) is 5.32 Å². The van der Waals surface area contributed by atoms with Gasteiger partial charge in [-0.15, -0.1) is 0 Å². The largest absolute Gasteiger partial charge is 0.444 e. The topological polar surface area (TPSA) is 103 Å². The molecule has 2 N–H and O–H groups in total. The van der Waals surface area contributed by atoms with E-state index in [9.17, 15) is 14.4 Å². The van der Waals surface area contributed by atoms with Gasteiger partial charge in [-0.1, -0.05) is 30.3 Å². The van der Waals surface area contributed by atoms with Crippen LogP contribution in [0.2, 0.25) is 0 Å². The second-order valence-corrected chi connectivity index (χ2v) is 7.50. The Kier molecular flexibility index (Phi) is 7.80. The number of carbonyl (C=O) groups excluding carboxylic acids is 3. The van der Waals surface area contributed by atoms with Gasteiger partial charge in [-0.25, -0.2) is 14.4 Å². The van der Waals surface area contributed by atoms with Crippen molar-refractivity contribution in [1.29, 1.82) is 0 Å². The summed E-state index contributed by atoms with van der Waals surface area (Å²) in [7, 11) is 0. The van der Waals surface area contributed by atoms with E-state index >= 15 is 0 Å². The van der Waals surface area contributed by atoms with Gasteiger partial charge < -0.3 is 19.5 Å². The van der Waals surface area contributed by atoms with Crippen molar-refractivity contribution in [2.24, 2.45) is 0 Å². The molecule has 0 spiro atoms. The van der Waals surface area contributed by atoms with Gasteiger partial charge >= 0.3 is 18.2 Å². The number of benzene rings is 2. The lowest BCUT2D eigenvalue weighted by Gasteiger charge is -2.21. The third-order valence-corrected chi connectivity index (χ3v) is 3.62. The van der Waals surface area contributed by atoms with Crippen molar-refractivity contribution in [2.75, 3.05) is 5.32 Å². The molecule has 2 aromatic carbocycles. The van der Waals surface area contributed by atoms with Crippen LogP contribution in [-0.2, 0) is 20.9 Å². The molecule has 30 heavy (non-hydrogen) atoms. The quantitative estimate of drug-likeness (QED) is 0.541. The fraction of sp³-hybridized carbons (Fsp3) is 0.318. The molecule has 0 aliphatic heterocycles. The van der Waals surface area contributed by atoms with Gasteiger partial charge in [-0.2, -0.15) is 0 Å². The molecule has 0 bridgehead atoms. The Hall–Kier alpha value is -3.55. The van der Waals surface area contributed by atoms with Crippen LogP contribution >= 0.6 is 0 Å². The highest BCUT2D eigenvalue weighted by Gasteiger charge is 2.22. The molecule has 0 aromatic heterocycles. The molecule has 0 fully saturated rings. The van der Waals surface area contributed by atoms with Crippen LogP contribution in [0.25, 0.3) is 0 Å². The first-order chi connectivity index (χ1) is 14.1. The third kappa shape index (κ3) is 8.22. The van der Waals surface area contributed by atoms with Gasteiger partial charge in [0, 0.05) is 5.69 Å². The maximum absolute atomic E-state index is 12.1. The van der Waals surface area contributed by atoms with E-state index in [2.05, 4.69) is 10.6 Å². The van der Waals surface area contributed by atoms with E-state index in [-0.39, 0.29) is 12.4 Å². The lowest BCUT2D eigenvalue weighted by Crippen LogP contribution is -2.43. The second kappa shape index (κ2) is 10.3. The summed E-state index contributed by atoms with van der Waals surface area (Å²) in [4.78, 5) is 35.7. The van der Waals surface area contributed by atoms with Crippen LogP contribution in [0.5, 0.6) is 5.75 Å². The van der Waals surface area contributed by atoms with Gasteiger partial charge in [0.05, 0.1) is 0 Å². The summed E-state index contributed by atoms with van der Waals surface area (Å²) in [6.45, 7) is 6.82. The number of nitrogens with one attached hydrogen (secondary N) is 2. The Morgan fingerprint density at radius 3 is 2.17 bits per heavy atom. The van der Waals surface area contributed by atoms with E-state index in [1.807, 2.05) is 30.3 Å². The highest BCUT2D eigenvalue weighted by molar-refractivity contribution is 5.85. The van der Waals surface area contributed by atoms with E-state index in [1.165, 1.54) is 19.1 Å². The van der Waals surface area contributed by atoms with Crippen LogP contribution in [0.15, 0.2) is 54.6 Å². The van der Waals surface area contributed by atoms with Crippen molar-refractivity contribution < 1.29 is 28.6 Å². The highest BCUT2D eigenvalue weighted by Crippen LogP contribution is 2.17. The first kappa shape index (κ1) is 22.7. The van der Waals surface area contributed by atoms with Crippen molar-refractivity contribution in [1.82, 2.24) is 5.32 Å². The number of amides is 2. The molecule has 2 amide bonds. The third-order valence-electron chi connectivity index (χ3n) is 3.62. The molecule has 2 rings (SSSR count). The number of hydrogen-bond acceptors (Lipinski definition) is 6. The molecule has 0 saturated carbocycles. The zero-order valence-electron chi connectivity index (χ0n) is 17.4. The predicted molar refractivity (Wildman–Crippen MR) is 111 cm³/mol. The smallest absolute Gasteiger partial charge is 0.411 e. The highest BCUT2D eigenvalue weighted by atomic mass is 16.6. The SMILES string of the molecule is C[C@@H](NC(=O)OC(C)(C)C)C(=O)Oc1ccc(NC(=O)OCc2ccccc2)cc1. The molecule has 0 aliphatic carbocycles. The first-order valence-corrected chi connectivity index (χ1v) is 9.41. The Morgan fingerprint density at radius 1 is 0.933 bits per heavy atom. The average molecular weight is 414 g/mol. The monoisotopic (exact) mass is 414 g/mol. The maximum atomic E-state index is 12.1. The molecule has 2 aromatic rings. The zero-order chi connectivity index (χ0) is 22.1. The van der Waals surface area contributed by atoms with Crippen LogP contribution in [0, 0.1) is 0 Å². The molecule has 0 aliphatic rings. The molecule has 0 heterocycles. The van der Waals surface area contributed by atoms with E-state index < -0.39 is 29.8 Å². The van der Waals surface area contributed by atoms with Crippen molar-refractivity contribution in [3.63, 3.8) is 0 Å². The summed E-state index contributed by atoms with van der Waals surface area (Å²) in [5, 5.41) is 5.00. The molecule has 160 valence electrons. The lowest BCUT2D eigenvalue weighted by atomic mass is 10.2.